The first-order valence-electron chi connectivity index (χ1n) is 17.0. The smallest absolute Gasteiger partial charge is 0.342 e. The summed E-state index contributed by atoms with van der Waals surface area (Å²) in [6.07, 6.45) is -0.770. The van der Waals surface area contributed by atoms with Gasteiger partial charge in [0, 0.05) is 6.04 Å². The zero-order chi connectivity index (χ0) is 37.0. The third-order valence-electron chi connectivity index (χ3n) is 8.69. The maximum atomic E-state index is 15.0. The molecule has 1 saturated carbocycles. The van der Waals surface area contributed by atoms with E-state index in [4.69, 9.17) is 24.5 Å². The molecule has 0 amide bonds. The Morgan fingerprint density at radius 2 is 1.56 bits per heavy atom. The Morgan fingerprint density at radius 1 is 1.00 bits per heavy atom. The molecule has 1 aliphatic carbocycles. The number of ether oxygens (including phenoxy) is 3. The van der Waals surface area contributed by atoms with E-state index in [2.05, 4.69) is 30.4 Å². The molecular weight excluding hydrogens is 695 g/mol. The maximum absolute atomic E-state index is 15.0. The van der Waals surface area contributed by atoms with E-state index in [0.717, 1.165) is 12.8 Å². The van der Waals surface area contributed by atoms with Gasteiger partial charge in [0.2, 0.25) is 5.95 Å². The summed E-state index contributed by atoms with van der Waals surface area (Å²) in [5.74, 6) is -1.10. The largest absolute Gasteiger partial charge is 0.465 e. The number of esters is 2. The summed E-state index contributed by atoms with van der Waals surface area (Å²) in [7, 11) is -4.52. The van der Waals surface area contributed by atoms with Crippen LogP contribution in [0.1, 0.15) is 63.1 Å². The molecule has 7 N–H and O–H groups in total. The lowest BCUT2D eigenvalue weighted by atomic mass is 9.96. The van der Waals surface area contributed by atoms with Crippen molar-refractivity contribution in [1.82, 2.24) is 29.7 Å². The molecule has 0 radical (unpaired) electrons. The lowest BCUT2D eigenvalue weighted by Crippen LogP contribution is -2.44. The van der Waals surface area contributed by atoms with Crippen molar-refractivity contribution in [2.45, 2.75) is 75.8 Å². The highest BCUT2D eigenvalue weighted by atomic mass is 31.2. The maximum Gasteiger partial charge on any atom is 0.342 e. The number of benzene rings is 2. The third-order valence-corrected chi connectivity index (χ3v) is 10.4. The molecule has 2 aliphatic rings. The van der Waals surface area contributed by atoms with Gasteiger partial charge in [0.1, 0.15) is 29.9 Å². The van der Waals surface area contributed by atoms with Crippen LogP contribution in [-0.2, 0) is 32.9 Å². The number of imidazole rings is 1. The highest BCUT2D eigenvalue weighted by molar-refractivity contribution is 7.54. The van der Waals surface area contributed by atoms with E-state index in [1.807, 2.05) is 0 Å². The number of nitrogens with two attached hydrogens (primary N) is 1. The summed E-state index contributed by atoms with van der Waals surface area (Å²) in [6.45, 7) is 4.13. The molecular formula is C34H43N8O9P. The molecule has 52 heavy (non-hydrogen) atoms. The summed E-state index contributed by atoms with van der Waals surface area (Å²) in [4.78, 5) is 39.6. The lowest BCUT2D eigenvalue weighted by molar-refractivity contribution is -0.145. The number of carbonyl (C=O) groups excluding carboxylic acids is 2. The van der Waals surface area contributed by atoms with Gasteiger partial charge in [0.15, 0.2) is 23.2 Å². The number of hydrogen-bond donors (Lipinski definition) is 6. The second-order valence-corrected chi connectivity index (χ2v) is 14.5. The second kappa shape index (κ2) is 15.6. The van der Waals surface area contributed by atoms with Crippen molar-refractivity contribution in [2.75, 3.05) is 30.9 Å². The Morgan fingerprint density at radius 3 is 2.08 bits per heavy atom. The summed E-state index contributed by atoms with van der Waals surface area (Å²) in [6, 6.07) is 14.5. The van der Waals surface area contributed by atoms with Crippen LogP contribution in [0.5, 0.6) is 0 Å². The standard InChI is InChI=1S/C34H43N8O9P/c1-4-48-30(44)24(20-12-8-6-9-13-20)40-52(47,41-25(31(45)49-5-2)21-14-10-7-11-15-21)50-18-23-27(43)34(3,46)32(51-23)42-19-36-26-28(37-22-16-17-22)38-33(35)39-29(26)42/h6-15,19,22-25,27,32,43,46H,4-5,16-18H2,1-3H3,(H2,40,41,47)(H3,35,37,38,39)/t23-,24+,25+,27?,32-,34?/m1/s1. The highest BCUT2D eigenvalue weighted by Gasteiger charge is 2.54. The van der Waals surface area contributed by atoms with Gasteiger partial charge in [-0.15, -0.1) is 0 Å². The molecule has 6 atom stereocenters. The van der Waals surface area contributed by atoms with E-state index < -0.39 is 62.3 Å². The first-order chi connectivity index (χ1) is 24.9. The molecule has 6 rings (SSSR count). The Hall–Kier alpha value is -4.48. The number of carbonyl (C=O) groups is 2. The van der Waals surface area contributed by atoms with E-state index in [1.165, 1.54) is 17.8 Å². The zero-order valence-corrected chi connectivity index (χ0v) is 29.8. The summed E-state index contributed by atoms with van der Waals surface area (Å²) in [5.41, 5.74) is 5.54. The summed E-state index contributed by atoms with van der Waals surface area (Å²) >= 11 is 0. The molecule has 2 fully saturated rings. The fraction of sp³-hybridized carbons (Fsp3) is 0.441. The molecule has 18 heteroatoms. The first-order valence-corrected chi connectivity index (χ1v) is 18.6. The van der Waals surface area contributed by atoms with Gasteiger partial charge < -0.3 is 40.0 Å². The minimum Gasteiger partial charge on any atom is -0.465 e. The Labute approximate surface area is 299 Å². The molecule has 4 aromatic rings. The average Bonchev–Trinajstić information content (AvgIpc) is 3.80. The van der Waals surface area contributed by atoms with Gasteiger partial charge in [-0.2, -0.15) is 9.97 Å². The average molecular weight is 739 g/mol. The van der Waals surface area contributed by atoms with Gasteiger partial charge in [-0.05, 0) is 44.7 Å². The normalized spacial score (nSPS) is 22.9. The van der Waals surface area contributed by atoms with Crippen molar-refractivity contribution in [3.05, 3.63) is 78.1 Å². The minimum absolute atomic E-state index is 0.0299. The zero-order valence-electron chi connectivity index (χ0n) is 28.9. The molecule has 3 heterocycles. The van der Waals surface area contributed by atoms with Crippen LogP contribution in [0.3, 0.4) is 0 Å². The Balaban J connectivity index is 1.31. The molecule has 1 saturated heterocycles. The second-order valence-electron chi connectivity index (χ2n) is 12.7. The van der Waals surface area contributed by atoms with Crippen LogP contribution in [0.2, 0.25) is 0 Å². The molecule has 0 bridgehead atoms. The highest BCUT2D eigenvalue weighted by Crippen LogP contribution is 2.47. The first kappa shape index (κ1) is 37.3. The number of nitrogens with one attached hydrogen (secondary N) is 3. The molecule has 0 spiro atoms. The number of nitrogen functional groups attached to an aromatic ring is 1. The van der Waals surface area contributed by atoms with Crippen molar-refractivity contribution in [1.29, 1.82) is 0 Å². The molecule has 1 aliphatic heterocycles. The predicted molar refractivity (Wildman–Crippen MR) is 188 cm³/mol. The third kappa shape index (κ3) is 8.10. The fourth-order valence-electron chi connectivity index (χ4n) is 5.90. The fourth-order valence-corrected chi connectivity index (χ4v) is 7.67. The van der Waals surface area contributed by atoms with Gasteiger partial charge in [-0.1, -0.05) is 60.7 Å². The van der Waals surface area contributed by atoms with Crippen molar-refractivity contribution in [3.63, 3.8) is 0 Å². The number of rotatable bonds is 16. The van der Waals surface area contributed by atoms with Crippen LogP contribution in [0.15, 0.2) is 67.0 Å². The predicted octanol–water partition coefficient (Wildman–Crippen LogP) is 2.90. The molecule has 2 unspecified atom stereocenters. The number of aliphatic hydroxyl groups excluding tert-OH is 1. The van der Waals surface area contributed by atoms with Crippen LogP contribution in [0, 0.1) is 0 Å². The molecule has 17 nitrogen and oxygen atoms in total. The summed E-state index contributed by atoms with van der Waals surface area (Å²) < 4.78 is 39.2. The number of fused-ring (bicyclic) bond motifs is 1. The van der Waals surface area contributed by atoms with Crippen molar-refractivity contribution >= 4 is 42.5 Å². The van der Waals surface area contributed by atoms with Crippen molar-refractivity contribution in [3.8, 4) is 0 Å². The Bertz CT molecular complexity index is 1840. The van der Waals surface area contributed by atoms with E-state index in [0.29, 0.717) is 22.5 Å². The number of aliphatic hydroxyl groups is 2. The monoisotopic (exact) mass is 738 g/mol. The number of hydrogen-bond acceptors (Lipinski definition) is 14. The van der Waals surface area contributed by atoms with Crippen LogP contribution < -0.4 is 21.2 Å². The van der Waals surface area contributed by atoms with Crippen molar-refractivity contribution in [2.24, 2.45) is 0 Å². The van der Waals surface area contributed by atoms with Gasteiger partial charge in [-0.25, -0.2) is 24.7 Å². The van der Waals surface area contributed by atoms with Crippen molar-refractivity contribution < 1.29 is 43.1 Å². The van der Waals surface area contributed by atoms with E-state index in [1.54, 1.807) is 74.5 Å². The Kier molecular flexibility index (Phi) is 11.2. The minimum atomic E-state index is -4.52. The molecule has 278 valence electrons. The van der Waals surface area contributed by atoms with Gasteiger partial charge in [0.05, 0.1) is 26.1 Å². The van der Waals surface area contributed by atoms with Gasteiger partial charge >= 0.3 is 19.6 Å². The van der Waals surface area contributed by atoms with Crippen LogP contribution in [0.25, 0.3) is 11.2 Å². The quantitative estimate of drug-likeness (QED) is 0.0716. The molecule has 2 aromatic carbocycles. The van der Waals surface area contributed by atoms with Crippen LogP contribution in [-0.4, -0.2) is 85.3 Å². The lowest BCUT2D eigenvalue weighted by Gasteiger charge is -2.30. The number of aromatic nitrogens is 4. The van der Waals surface area contributed by atoms with Gasteiger partial charge in [0.25, 0.3) is 0 Å². The summed E-state index contributed by atoms with van der Waals surface area (Å²) in [5, 5.41) is 31.8. The SMILES string of the molecule is CCOC(=O)[C@@H](NP(=O)(N[C@H](C(=O)OCC)c1ccccc1)OC[C@H]1O[C@@H](n2cnc3c(NC4CC4)nc(N)nc32)C(C)(O)C1O)c1ccccc1. The number of anilines is 2. The molecule has 2 aromatic heterocycles. The van der Waals surface area contributed by atoms with Crippen LogP contribution in [0.4, 0.5) is 11.8 Å². The topological polar surface area (TPSA) is 234 Å². The van der Waals surface area contributed by atoms with E-state index in [-0.39, 0.29) is 30.9 Å². The van der Waals surface area contributed by atoms with Crippen LogP contribution >= 0.6 is 7.67 Å². The van der Waals surface area contributed by atoms with E-state index >= 15 is 0 Å². The van der Waals surface area contributed by atoms with E-state index in [9.17, 15) is 24.4 Å². The number of nitrogens with zero attached hydrogens (tertiary/aromatic N) is 4. The van der Waals surface area contributed by atoms with Gasteiger partial charge in [-0.3, -0.25) is 9.13 Å².